The standard InChI is InChI=1S/C21H27NO6S2/c1-26-16-12-15(13-17(27-2)19(16)28-3)20(23)22-9-7-21(14-22,8-11-30(4,24)25)18-6-5-10-29-18/h5-6,10,12-13H,7-9,11,14H2,1-4H3. The summed E-state index contributed by atoms with van der Waals surface area (Å²) in [5, 5.41) is 1.99. The number of carbonyl (C=O) groups is 1. The molecule has 3 rings (SSSR count). The van der Waals surface area contributed by atoms with Gasteiger partial charge in [0.1, 0.15) is 9.84 Å². The van der Waals surface area contributed by atoms with Crippen LogP contribution in [0.5, 0.6) is 17.2 Å². The van der Waals surface area contributed by atoms with Gasteiger partial charge in [-0.2, -0.15) is 0 Å². The topological polar surface area (TPSA) is 82.1 Å². The number of amides is 1. The van der Waals surface area contributed by atoms with Crippen molar-refractivity contribution in [1.29, 1.82) is 0 Å². The Labute approximate surface area is 181 Å². The zero-order valence-electron chi connectivity index (χ0n) is 17.6. The molecule has 0 bridgehead atoms. The van der Waals surface area contributed by atoms with Crippen molar-refractivity contribution in [2.24, 2.45) is 0 Å². The summed E-state index contributed by atoms with van der Waals surface area (Å²) < 4.78 is 39.7. The Morgan fingerprint density at radius 1 is 1.17 bits per heavy atom. The van der Waals surface area contributed by atoms with Crippen LogP contribution in [0, 0.1) is 0 Å². The molecule has 1 aliphatic heterocycles. The maximum Gasteiger partial charge on any atom is 0.254 e. The number of likely N-dealkylation sites (tertiary alicyclic amines) is 1. The van der Waals surface area contributed by atoms with Crippen LogP contribution in [0.1, 0.15) is 28.1 Å². The fourth-order valence-electron chi connectivity index (χ4n) is 3.92. The summed E-state index contributed by atoms with van der Waals surface area (Å²) in [6.07, 6.45) is 2.47. The smallest absolute Gasteiger partial charge is 0.254 e. The minimum absolute atomic E-state index is 0.0944. The summed E-state index contributed by atoms with van der Waals surface area (Å²) in [5.74, 6) is 1.21. The van der Waals surface area contributed by atoms with E-state index in [1.807, 2.05) is 17.5 Å². The number of hydrogen-bond acceptors (Lipinski definition) is 7. The van der Waals surface area contributed by atoms with E-state index in [9.17, 15) is 13.2 Å². The quantitative estimate of drug-likeness (QED) is 0.611. The summed E-state index contributed by atoms with van der Waals surface area (Å²) in [6.45, 7) is 1.02. The van der Waals surface area contributed by atoms with Gasteiger partial charge in [-0.15, -0.1) is 11.3 Å². The number of thiophene rings is 1. The zero-order chi connectivity index (χ0) is 21.9. The van der Waals surface area contributed by atoms with Crippen LogP contribution in [0.15, 0.2) is 29.6 Å². The number of methoxy groups -OCH3 is 3. The highest BCUT2D eigenvalue weighted by atomic mass is 32.2. The van der Waals surface area contributed by atoms with Gasteiger partial charge in [0.05, 0.1) is 27.1 Å². The van der Waals surface area contributed by atoms with Gasteiger partial charge in [0.25, 0.3) is 5.91 Å². The molecule has 0 saturated carbocycles. The van der Waals surface area contributed by atoms with Crippen LogP contribution in [0.3, 0.4) is 0 Å². The van der Waals surface area contributed by atoms with E-state index in [-0.39, 0.29) is 17.1 Å². The molecule has 1 amide bonds. The largest absolute Gasteiger partial charge is 0.493 e. The molecule has 1 aromatic heterocycles. The van der Waals surface area contributed by atoms with Crippen molar-refractivity contribution in [3.05, 3.63) is 40.1 Å². The molecule has 1 fully saturated rings. The first kappa shape index (κ1) is 22.4. The first-order valence-electron chi connectivity index (χ1n) is 9.54. The minimum atomic E-state index is -3.10. The van der Waals surface area contributed by atoms with Gasteiger partial charge in [-0.1, -0.05) is 6.07 Å². The Kier molecular flexibility index (Phi) is 6.62. The van der Waals surface area contributed by atoms with E-state index in [4.69, 9.17) is 14.2 Å². The average molecular weight is 454 g/mol. The lowest BCUT2D eigenvalue weighted by Gasteiger charge is -2.28. The molecule has 2 heterocycles. The van der Waals surface area contributed by atoms with Gasteiger partial charge in [0.2, 0.25) is 5.75 Å². The van der Waals surface area contributed by atoms with E-state index in [0.29, 0.717) is 42.3 Å². The lowest BCUT2D eigenvalue weighted by atomic mass is 9.82. The molecule has 9 heteroatoms. The second-order valence-electron chi connectivity index (χ2n) is 7.53. The normalized spacial score (nSPS) is 19.0. The highest BCUT2D eigenvalue weighted by Gasteiger charge is 2.42. The molecular formula is C21H27NO6S2. The van der Waals surface area contributed by atoms with E-state index in [1.165, 1.54) is 27.6 Å². The Hall–Kier alpha value is -2.26. The second kappa shape index (κ2) is 8.85. The lowest BCUT2D eigenvalue weighted by Crippen LogP contribution is -2.35. The summed E-state index contributed by atoms with van der Waals surface area (Å²) in [5.41, 5.74) is 0.0858. The molecule has 0 aliphatic carbocycles. The van der Waals surface area contributed by atoms with Crippen LogP contribution in [0.25, 0.3) is 0 Å². The van der Waals surface area contributed by atoms with Gasteiger partial charge in [-0.3, -0.25) is 4.79 Å². The number of hydrogen-bond donors (Lipinski definition) is 0. The van der Waals surface area contributed by atoms with Gasteiger partial charge in [-0.25, -0.2) is 8.42 Å². The van der Waals surface area contributed by atoms with Crippen LogP contribution in [-0.2, 0) is 15.3 Å². The first-order valence-corrected chi connectivity index (χ1v) is 12.5. The number of sulfone groups is 1. The van der Waals surface area contributed by atoms with Crippen LogP contribution in [-0.4, -0.2) is 65.7 Å². The number of benzene rings is 1. The number of carbonyl (C=O) groups excluding carboxylic acids is 1. The summed E-state index contributed by atoms with van der Waals surface area (Å²) in [4.78, 5) is 16.2. The third-order valence-corrected chi connectivity index (χ3v) is 7.61. The molecule has 1 saturated heterocycles. The summed E-state index contributed by atoms with van der Waals surface area (Å²) in [7, 11) is 1.43. The number of nitrogens with zero attached hydrogens (tertiary/aromatic N) is 1. The third kappa shape index (κ3) is 4.57. The lowest BCUT2D eigenvalue weighted by molar-refractivity contribution is 0.0782. The average Bonchev–Trinajstić information content (AvgIpc) is 3.41. The highest BCUT2D eigenvalue weighted by molar-refractivity contribution is 7.90. The Bertz CT molecular complexity index is 978. The highest BCUT2D eigenvalue weighted by Crippen LogP contribution is 2.42. The first-order chi connectivity index (χ1) is 14.2. The fraction of sp³-hybridized carbons (Fsp3) is 0.476. The van der Waals surface area contributed by atoms with Gasteiger partial charge in [0, 0.05) is 35.2 Å². The van der Waals surface area contributed by atoms with Crippen molar-refractivity contribution < 1.29 is 27.4 Å². The van der Waals surface area contributed by atoms with E-state index in [1.54, 1.807) is 28.4 Å². The Balaban J connectivity index is 1.89. The van der Waals surface area contributed by atoms with Crippen molar-refractivity contribution >= 4 is 27.1 Å². The molecule has 1 aromatic carbocycles. The van der Waals surface area contributed by atoms with Crippen LogP contribution < -0.4 is 14.2 Å². The van der Waals surface area contributed by atoms with Gasteiger partial charge in [-0.05, 0) is 36.4 Å². The summed E-state index contributed by atoms with van der Waals surface area (Å²) >= 11 is 1.61. The van der Waals surface area contributed by atoms with E-state index in [2.05, 4.69) is 0 Å². The van der Waals surface area contributed by atoms with Crippen molar-refractivity contribution in [3.8, 4) is 17.2 Å². The molecule has 0 N–H and O–H groups in total. The molecular weight excluding hydrogens is 426 g/mol. The minimum Gasteiger partial charge on any atom is -0.493 e. The number of rotatable bonds is 8. The van der Waals surface area contributed by atoms with Crippen molar-refractivity contribution in [3.63, 3.8) is 0 Å². The predicted molar refractivity (Wildman–Crippen MR) is 117 cm³/mol. The van der Waals surface area contributed by atoms with E-state index < -0.39 is 9.84 Å². The van der Waals surface area contributed by atoms with Gasteiger partial charge < -0.3 is 19.1 Å². The van der Waals surface area contributed by atoms with Crippen molar-refractivity contribution in [2.75, 3.05) is 46.4 Å². The molecule has 30 heavy (non-hydrogen) atoms. The van der Waals surface area contributed by atoms with Gasteiger partial charge >= 0.3 is 0 Å². The predicted octanol–water partition coefficient (Wildman–Crippen LogP) is 2.99. The van der Waals surface area contributed by atoms with E-state index >= 15 is 0 Å². The SMILES string of the molecule is COc1cc(C(=O)N2CCC(CCS(C)(=O)=O)(c3cccs3)C2)cc(OC)c1OC. The molecule has 0 spiro atoms. The molecule has 2 aromatic rings. The molecule has 1 aliphatic rings. The molecule has 1 unspecified atom stereocenters. The maximum atomic E-state index is 13.3. The molecule has 7 nitrogen and oxygen atoms in total. The van der Waals surface area contributed by atoms with Crippen molar-refractivity contribution in [1.82, 2.24) is 4.90 Å². The second-order valence-corrected chi connectivity index (χ2v) is 10.7. The van der Waals surface area contributed by atoms with Crippen LogP contribution in [0.2, 0.25) is 0 Å². The Morgan fingerprint density at radius 2 is 1.83 bits per heavy atom. The number of ether oxygens (including phenoxy) is 3. The van der Waals surface area contributed by atoms with E-state index in [0.717, 1.165) is 11.3 Å². The van der Waals surface area contributed by atoms with Crippen LogP contribution >= 0.6 is 11.3 Å². The van der Waals surface area contributed by atoms with Gasteiger partial charge in [0.15, 0.2) is 11.5 Å². The Morgan fingerprint density at radius 3 is 2.33 bits per heavy atom. The zero-order valence-corrected chi connectivity index (χ0v) is 19.3. The summed E-state index contributed by atoms with van der Waals surface area (Å²) in [6, 6.07) is 7.28. The monoisotopic (exact) mass is 453 g/mol. The third-order valence-electron chi connectivity index (χ3n) is 5.55. The van der Waals surface area contributed by atoms with Crippen LogP contribution in [0.4, 0.5) is 0 Å². The molecule has 0 radical (unpaired) electrons. The van der Waals surface area contributed by atoms with Crippen molar-refractivity contribution in [2.45, 2.75) is 18.3 Å². The molecule has 1 atom stereocenters. The fourth-order valence-corrected chi connectivity index (χ4v) is 5.66. The molecule has 164 valence electrons. The maximum absolute atomic E-state index is 13.3.